The number of rotatable bonds is 2. The fourth-order valence-electron chi connectivity index (χ4n) is 1.56. The fourth-order valence-corrected chi connectivity index (χ4v) is 2.69. The molecule has 0 spiro atoms. The van der Waals surface area contributed by atoms with E-state index in [1.807, 2.05) is 35.7 Å². The molecule has 3 rings (SSSR count). The Morgan fingerprint density at radius 2 is 2.11 bits per heavy atom. The first kappa shape index (κ1) is 11.4. The Morgan fingerprint density at radius 3 is 2.83 bits per heavy atom. The smallest absolute Gasteiger partial charge is 0.259 e. The van der Waals surface area contributed by atoms with Gasteiger partial charge in [0.15, 0.2) is 0 Å². The molecule has 0 aliphatic heterocycles. The van der Waals surface area contributed by atoms with Crippen LogP contribution in [0.5, 0.6) is 0 Å². The third-order valence-electron chi connectivity index (χ3n) is 2.39. The van der Waals surface area contributed by atoms with Crippen molar-refractivity contribution in [2.75, 3.05) is 5.73 Å². The summed E-state index contributed by atoms with van der Waals surface area (Å²) in [5, 5.41) is 5.92. The minimum atomic E-state index is 0.509. The van der Waals surface area contributed by atoms with Gasteiger partial charge in [0.05, 0.1) is 9.35 Å². The maximum absolute atomic E-state index is 5.73. The number of halogens is 1. The van der Waals surface area contributed by atoms with Crippen LogP contribution in [0.4, 0.5) is 5.69 Å². The number of nitrogens with zero attached hydrogens (tertiary/aromatic N) is 2. The van der Waals surface area contributed by atoms with Gasteiger partial charge in [-0.25, -0.2) is 0 Å². The Hall–Kier alpha value is -1.66. The number of thiophene rings is 1. The van der Waals surface area contributed by atoms with Gasteiger partial charge in [0.25, 0.3) is 5.89 Å². The minimum Gasteiger partial charge on any atom is -0.399 e. The van der Waals surface area contributed by atoms with Gasteiger partial charge in [-0.1, -0.05) is 17.3 Å². The van der Waals surface area contributed by atoms with Crippen LogP contribution >= 0.6 is 27.3 Å². The Balaban J connectivity index is 1.99. The molecule has 0 saturated heterocycles. The van der Waals surface area contributed by atoms with E-state index in [1.54, 1.807) is 11.3 Å². The molecule has 0 amide bonds. The first-order valence-corrected chi connectivity index (χ1v) is 6.84. The molecule has 0 unspecified atom stereocenters. The molecular formula is C12H8BrN3OS. The van der Waals surface area contributed by atoms with E-state index in [1.165, 1.54) is 0 Å². The highest BCUT2D eigenvalue weighted by atomic mass is 79.9. The molecule has 90 valence electrons. The molecule has 18 heavy (non-hydrogen) atoms. The van der Waals surface area contributed by atoms with E-state index in [0.29, 0.717) is 17.4 Å². The van der Waals surface area contributed by atoms with Gasteiger partial charge in [-0.05, 0) is 34.1 Å². The molecule has 0 bridgehead atoms. The van der Waals surface area contributed by atoms with Crippen LogP contribution in [0.1, 0.15) is 0 Å². The molecule has 2 N–H and O–H groups in total. The molecule has 3 aromatic rings. The zero-order valence-corrected chi connectivity index (χ0v) is 11.5. The maximum atomic E-state index is 5.73. The van der Waals surface area contributed by atoms with Gasteiger partial charge < -0.3 is 10.3 Å². The zero-order chi connectivity index (χ0) is 12.5. The first-order valence-electron chi connectivity index (χ1n) is 5.16. The Labute approximate surface area is 116 Å². The summed E-state index contributed by atoms with van der Waals surface area (Å²) >= 11 is 4.98. The minimum absolute atomic E-state index is 0.509. The third kappa shape index (κ3) is 2.16. The van der Waals surface area contributed by atoms with Gasteiger partial charge in [0, 0.05) is 16.6 Å². The van der Waals surface area contributed by atoms with Gasteiger partial charge in [0.2, 0.25) is 5.82 Å². The standard InChI is InChI=1S/C12H8BrN3OS/c13-10-5-8(6-18-10)12-15-11(16-17-12)7-2-1-3-9(14)4-7/h1-6H,14H2. The van der Waals surface area contributed by atoms with Gasteiger partial charge in [0.1, 0.15) is 0 Å². The third-order valence-corrected chi connectivity index (χ3v) is 3.89. The van der Waals surface area contributed by atoms with Crippen LogP contribution in [0.15, 0.2) is 44.0 Å². The molecule has 0 aliphatic rings. The molecule has 0 saturated carbocycles. The quantitative estimate of drug-likeness (QED) is 0.729. The van der Waals surface area contributed by atoms with Crippen LogP contribution in [0.3, 0.4) is 0 Å². The zero-order valence-electron chi connectivity index (χ0n) is 9.13. The SMILES string of the molecule is Nc1cccc(-c2noc(-c3csc(Br)c3)n2)c1. The summed E-state index contributed by atoms with van der Waals surface area (Å²) in [5.41, 5.74) is 8.16. The average Bonchev–Trinajstić information content (AvgIpc) is 2.97. The topological polar surface area (TPSA) is 64.9 Å². The second-order valence-electron chi connectivity index (χ2n) is 3.69. The molecule has 0 atom stereocenters. The summed E-state index contributed by atoms with van der Waals surface area (Å²) in [6, 6.07) is 9.34. The highest BCUT2D eigenvalue weighted by Gasteiger charge is 2.11. The number of anilines is 1. The molecular weight excluding hydrogens is 314 g/mol. The Morgan fingerprint density at radius 1 is 1.22 bits per heavy atom. The van der Waals surface area contributed by atoms with Crippen LogP contribution in [-0.4, -0.2) is 10.1 Å². The van der Waals surface area contributed by atoms with E-state index >= 15 is 0 Å². The number of nitrogens with two attached hydrogens (primary N) is 1. The highest BCUT2D eigenvalue weighted by molar-refractivity contribution is 9.11. The fraction of sp³-hybridized carbons (Fsp3) is 0. The second kappa shape index (κ2) is 4.55. The monoisotopic (exact) mass is 321 g/mol. The van der Waals surface area contributed by atoms with Crippen molar-refractivity contribution in [1.82, 2.24) is 10.1 Å². The number of hydrogen-bond acceptors (Lipinski definition) is 5. The van der Waals surface area contributed by atoms with E-state index in [4.69, 9.17) is 10.3 Å². The predicted octanol–water partition coefficient (Wildman–Crippen LogP) is 3.81. The Kier molecular flexibility index (Phi) is 2.89. The lowest BCUT2D eigenvalue weighted by Crippen LogP contribution is -1.86. The summed E-state index contributed by atoms with van der Waals surface area (Å²) in [6.07, 6.45) is 0. The molecule has 4 nitrogen and oxygen atoms in total. The number of benzene rings is 1. The summed E-state index contributed by atoms with van der Waals surface area (Å²) in [7, 11) is 0. The number of hydrogen-bond donors (Lipinski definition) is 1. The van der Waals surface area contributed by atoms with Gasteiger partial charge in [-0.15, -0.1) is 11.3 Å². The molecule has 0 aliphatic carbocycles. The van der Waals surface area contributed by atoms with Crippen molar-refractivity contribution < 1.29 is 4.52 Å². The predicted molar refractivity (Wildman–Crippen MR) is 75.2 cm³/mol. The van der Waals surface area contributed by atoms with E-state index < -0.39 is 0 Å². The van der Waals surface area contributed by atoms with E-state index in [2.05, 4.69) is 26.1 Å². The lowest BCUT2D eigenvalue weighted by atomic mass is 10.2. The van der Waals surface area contributed by atoms with Crippen molar-refractivity contribution in [1.29, 1.82) is 0 Å². The molecule has 0 fully saturated rings. The van der Waals surface area contributed by atoms with E-state index in [9.17, 15) is 0 Å². The van der Waals surface area contributed by atoms with Crippen LogP contribution in [0.2, 0.25) is 0 Å². The first-order chi connectivity index (χ1) is 8.72. The van der Waals surface area contributed by atoms with Crippen LogP contribution in [-0.2, 0) is 0 Å². The average molecular weight is 322 g/mol. The van der Waals surface area contributed by atoms with E-state index in [-0.39, 0.29) is 0 Å². The highest BCUT2D eigenvalue weighted by Crippen LogP contribution is 2.29. The molecule has 0 radical (unpaired) electrons. The maximum Gasteiger partial charge on any atom is 0.259 e. The molecule has 1 aromatic carbocycles. The van der Waals surface area contributed by atoms with Crippen molar-refractivity contribution >= 4 is 33.0 Å². The second-order valence-corrected chi connectivity index (χ2v) is 5.98. The number of nitrogen functional groups attached to an aromatic ring is 1. The summed E-state index contributed by atoms with van der Waals surface area (Å²) in [4.78, 5) is 4.36. The molecule has 2 aromatic heterocycles. The van der Waals surface area contributed by atoms with E-state index in [0.717, 1.165) is 14.9 Å². The van der Waals surface area contributed by atoms with Crippen LogP contribution < -0.4 is 5.73 Å². The van der Waals surface area contributed by atoms with Crippen molar-refractivity contribution in [3.05, 3.63) is 39.5 Å². The lowest BCUT2D eigenvalue weighted by Gasteiger charge is -1.95. The van der Waals surface area contributed by atoms with Crippen molar-refractivity contribution in [3.8, 4) is 22.8 Å². The van der Waals surface area contributed by atoms with Gasteiger partial charge >= 0.3 is 0 Å². The summed E-state index contributed by atoms with van der Waals surface area (Å²) in [5.74, 6) is 1.05. The molecule has 2 heterocycles. The van der Waals surface area contributed by atoms with Crippen LogP contribution in [0, 0.1) is 0 Å². The normalized spacial score (nSPS) is 10.7. The Bertz CT molecular complexity index is 692. The number of aromatic nitrogens is 2. The van der Waals surface area contributed by atoms with Gasteiger partial charge in [-0.2, -0.15) is 4.98 Å². The lowest BCUT2D eigenvalue weighted by molar-refractivity contribution is 0.432. The van der Waals surface area contributed by atoms with Gasteiger partial charge in [-0.3, -0.25) is 0 Å². The van der Waals surface area contributed by atoms with Crippen LogP contribution in [0.25, 0.3) is 22.8 Å². The van der Waals surface area contributed by atoms with Crippen molar-refractivity contribution in [2.24, 2.45) is 0 Å². The summed E-state index contributed by atoms with van der Waals surface area (Å²) < 4.78 is 6.27. The summed E-state index contributed by atoms with van der Waals surface area (Å²) in [6.45, 7) is 0. The van der Waals surface area contributed by atoms with Crippen molar-refractivity contribution in [2.45, 2.75) is 0 Å². The van der Waals surface area contributed by atoms with Crippen molar-refractivity contribution in [3.63, 3.8) is 0 Å². The molecule has 6 heteroatoms. The largest absolute Gasteiger partial charge is 0.399 e.